The topological polar surface area (TPSA) is 58.4 Å². The smallest absolute Gasteiger partial charge is 0.298 e. The first-order valence-corrected chi connectivity index (χ1v) is 9.65. The van der Waals surface area contributed by atoms with Gasteiger partial charge in [0.25, 0.3) is 6.01 Å². The van der Waals surface area contributed by atoms with Crippen LogP contribution in [0.15, 0.2) is 46.9 Å². The fourth-order valence-corrected chi connectivity index (χ4v) is 3.76. The standard InChI is InChI=1S/C22H25N3O2/c1-3-16-8-6-7-15(2)20(16)24-21(26)17-11-13-25(14-12-17)22-23-18-9-4-5-10-19(18)27-22/h4-10,17H,3,11-14H2,1-2H3,(H,24,26). The van der Waals surface area contributed by atoms with Crippen LogP contribution in [0.4, 0.5) is 11.7 Å². The Bertz CT molecular complexity index is 922. The first-order valence-electron chi connectivity index (χ1n) is 9.65. The van der Waals surface area contributed by atoms with Crippen molar-refractivity contribution in [3.05, 3.63) is 53.6 Å². The van der Waals surface area contributed by atoms with Gasteiger partial charge in [-0.15, -0.1) is 0 Å². The minimum Gasteiger partial charge on any atom is -0.423 e. The number of aryl methyl sites for hydroxylation is 2. The van der Waals surface area contributed by atoms with Crippen molar-refractivity contribution in [2.24, 2.45) is 5.92 Å². The van der Waals surface area contributed by atoms with E-state index < -0.39 is 0 Å². The van der Waals surface area contributed by atoms with E-state index in [2.05, 4.69) is 28.2 Å². The largest absolute Gasteiger partial charge is 0.423 e. The number of nitrogens with one attached hydrogen (secondary N) is 1. The molecule has 1 saturated heterocycles. The van der Waals surface area contributed by atoms with Crippen LogP contribution in [0.25, 0.3) is 11.1 Å². The van der Waals surface area contributed by atoms with Crippen molar-refractivity contribution < 1.29 is 9.21 Å². The van der Waals surface area contributed by atoms with Gasteiger partial charge in [-0.25, -0.2) is 0 Å². The molecule has 0 radical (unpaired) electrons. The summed E-state index contributed by atoms with van der Waals surface area (Å²) >= 11 is 0. The molecule has 27 heavy (non-hydrogen) atoms. The Morgan fingerprint density at radius 2 is 1.96 bits per heavy atom. The molecule has 1 aromatic heterocycles. The van der Waals surface area contributed by atoms with Gasteiger partial charge in [0, 0.05) is 24.7 Å². The summed E-state index contributed by atoms with van der Waals surface area (Å²) in [6, 6.07) is 14.6. The summed E-state index contributed by atoms with van der Waals surface area (Å²) in [4.78, 5) is 19.5. The molecule has 0 spiro atoms. The molecule has 0 atom stereocenters. The van der Waals surface area contributed by atoms with Gasteiger partial charge in [0.2, 0.25) is 5.91 Å². The normalized spacial score (nSPS) is 15.3. The lowest BCUT2D eigenvalue weighted by Gasteiger charge is -2.30. The van der Waals surface area contributed by atoms with Crippen LogP contribution in [0.1, 0.15) is 30.9 Å². The number of hydrogen-bond donors (Lipinski definition) is 1. The number of piperidine rings is 1. The van der Waals surface area contributed by atoms with Gasteiger partial charge in [-0.3, -0.25) is 4.79 Å². The molecule has 1 aliphatic heterocycles. The van der Waals surface area contributed by atoms with Crippen LogP contribution in [0, 0.1) is 12.8 Å². The summed E-state index contributed by atoms with van der Waals surface area (Å²) in [5.41, 5.74) is 4.96. The predicted octanol–water partition coefficient (Wildman–Crippen LogP) is 4.55. The van der Waals surface area contributed by atoms with Crippen LogP contribution in [0.2, 0.25) is 0 Å². The van der Waals surface area contributed by atoms with E-state index in [1.54, 1.807) is 0 Å². The summed E-state index contributed by atoms with van der Waals surface area (Å²) < 4.78 is 5.86. The fraction of sp³-hybridized carbons (Fsp3) is 0.364. The lowest BCUT2D eigenvalue weighted by molar-refractivity contribution is -0.120. The van der Waals surface area contributed by atoms with Crippen molar-refractivity contribution >= 4 is 28.7 Å². The number of oxazole rings is 1. The third-order valence-corrected chi connectivity index (χ3v) is 5.41. The summed E-state index contributed by atoms with van der Waals surface area (Å²) in [7, 11) is 0. The number of rotatable bonds is 4. The second kappa shape index (κ2) is 7.43. The van der Waals surface area contributed by atoms with Gasteiger partial charge in [0.1, 0.15) is 5.52 Å². The number of anilines is 2. The van der Waals surface area contributed by atoms with Crippen molar-refractivity contribution in [1.82, 2.24) is 4.98 Å². The molecule has 3 aromatic rings. The third-order valence-electron chi connectivity index (χ3n) is 5.41. The Morgan fingerprint density at radius 1 is 1.19 bits per heavy atom. The summed E-state index contributed by atoms with van der Waals surface area (Å²) in [6.07, 6.45) is 2.52. The number of carbonyl (C=O) groups excluding carboxylic acids is 1. The Labute approximate surface area is 159 Å². The van der Waals surface area contributed by atoms with Crippen LogP contribution in [0.3, 0.4) is 0 Å². The summed E-state index contributed by atoms with van der Waals surface area (Å²) in [6.45, 7) is 5.71. The molecule has 2 aromatic carbocycles. The van der Waals surface area contributed by atoms with E-state index in [4.69, 9.17) is 4.42 Å². The monoisotopic (exact) mass is 363 g/mol. The quantitative estimate of drug-likeness (QED) is 0.738. The zero-order chi connectivity index (χ0) is 18.8. The van der Waals surface area contributed by atoms with E-state index in [9.17, 15) is 4.79 Å². The number of para-hydroxylation sites is 3. The van der Waals surface area contributed by atoms with Gasteiger partial charge in [0.15, 0.2) is 5.58 Å². The molecule has 1 aliphatic rings. The molecule has 4 rings (SSSR count). The Hall–Kier alpha value is -2.82. The predicted molar refractivity (Wildman–Crippen MR) is 108 cm³/mol. The molecule has 1 amide bonds. The van der Waals surface area contributed by atoms with Gasteiger partial charge in [-0.1, -0.05) is 37.3 Å². The van der Waals surface area contributed by atoms with Crippen molar-refractivity contribution in [2.75, 3.05) is 23.3 Å². The van der Waals surface area contributed by atoms with Gasteiger partial charge in [-0.05, 0) is 49.4 Å². The first-order chi connectivity index (χ1) is 13.2. The molecule has 0 unspecified atom stereocenters. The molecule has 140 valence electrons. The third kappa shape index (κ3) is 3.54. The highest BCUT2D eigenvalue weighted by atomic mass is 16.4. The number of aromatic nitrogens is 1. The van der Waals surface area contributed by atoms with E-state index >= 15 is 0 Å². The van der Waals surface area contributed by atoms with Crippen molar-refractivity contribution in [1.29, 1.82) is 0 Å². The van der Waals surface area contributed by atoms with Crippen molar-refractivity contribution in [2.45, 2.75) is 33.1 Å². The molecule has 0 aliphatic carbocycles. The lowest BCUT2D eigenvalue weighted by Crippen LogP contribution is -2.38. The zero-order valence-corrected chi connectivity index (χ0v) is 15.9. The second-order valence-corrected chi connectivity index (χ2v) is 7.18. The van der Waals surface area contributed by atoms with Crippen LogP contribution in [-0.2, 0) is 11.2 Å². The van der Waals surface area contributed by atoms with Crippen LogP contribution >= 0.6 is 0 Å². The average Bonchev–Trinajstić information content (AvgIpc) is 3.14. The minimum absolute atomic E-state index is 0.0231. The average molecular weight is 363 g/mol. The van der Waals surface area contributed by atoms with E-state index in [0.717, 1.165) is 54.7 Å². The molecular formula is C22H25N3O2. The van der Waals surface area contributed by atoms with Gasteiger partial charge in [0.05, 0.1) is 0 Å². The molecule has 0 bridgehead atoms. The van der Waals surface area contributed by atoms with Crippen LogP contribution in [-0.4, -0.2) is 24.0 Å². The maximum atomic E-state index is 12.8. The number of nitrogens with zero attached hydrogens (tertiary/aromatic N) is 2. The summed E-state index contributed by atoms with van der Waals surface area (Å²) in [5.74, 6) is 0.145. The lowest BCUT2D eigenvalue weighted by atomic mass is 9.95. The maximum Gasteiger partial charge on any atom is 0.298 e. The number of hydrogen-bond acceptors (Lipinski definition) is 4. The molecule has 5 nitrogen and oxygen atoms in total. The van der Waals surface area contributed by atoms with Crippen molar-refractivity contribution in [3.8, 4) is 0 Å². The van der Waals surface area contributed by atoms with Gasteiger partial charge in [-0.2, -0.15) is 4.98 Å². The molecule has 0 saturated carbocycles. The maximum absolute atomic E-state index is 12.8. The van der Waals surface area contributed by atoms with Gasteiger partial charge < -0.3 is 14.6 Å². The molecular weight excluding hydrogens is 338 g/mol. The highest BCUT2D eigenvalue weighted by molar-refractivity contribution is 5.94. The van der Waals surface area contributed by atoms with Crippen LogP contribution < -0.4 is 10.2 Å². The fourth-order valence-electron chi connectivity index (χ4n) is 3.76. The van der Waals surface area contributed by atoms with Crippen molar-refractivity contribution in [3.63, 3.8) is 0 Å². The highest BCUT2D eigenvalue weighted by Gasteiger charge is 2.27. The van der Waals surface area contributed by atoms with Crippen LogP contribution in [0.5, 0.6) is 0 Å². The Morgan fingerprint density at radius 3 is 2.70 bits per heavy atom. The zero-order valence-electron chi connectivity index (χ0n) is 15.9. The van der Waals surface area contributed by atoms with Gasteiger partial charge >= 0.3 is 0 Å². The molecule has 1 fully saturated rings. The van der Waals surface area contributed by atoms with E-state index in [0.29, 0.717) is 6.01 Å². The molecule has 2 heterocycles. The molecule has 1 N–H and O–H groups in total. The Kier molecular flexibility index (Phi) is 4.84. The van der Waals surface area contributed by atoms with E-state index in [1.165, 1.54) is 5.56 Å². The number of carbonyl (C=O) groups is 1. The second-order valence-electron chi connectivity index (χ2n) is 7.18. The highest BCUT2D eigenvalue weighted by Crippen LogP contribution is 2.28. The van der Waals surface area contributed by atoms with E-state index in [-0.39, 0.29) is 11.8 Å². The Balaban J connectivity index is 1.41. The number of fused-ring (bicyclic) bond motifs is 1. The first kappa shape index (κ1) is 17.6. The minimum atomic E-state index is 0.0231. The van der Waals surface area contributed by atoms with E-state index in [1.807, 2.05) is 43.3 Å². The summed E-state index contributed by atoms with van der Waals surface area (Å²) in [5, 5.41) is 3.18. The number of benzene rings is 2. The molecule has 5 heteroatoms. The SMILES string of the molecule is CCc1cccc(C)c1NC(=O)C1CCN(c2nc3ccccc3o2)CC1. The number of amides is 1.